The van der Waals surface area contributed by atoms with E-state index in [1.165, 1.54) is 5.56 Å². The molecule has 0 saturated heterocycles. The summed E-state index contributed by atoms with van der Waals surface area (Å²) in [5.74, 6) is -1.28. The molecule has 39 heavy (non-hydrogen) atoms. The van der Waals surface area contributed by atoms with Gasteiger partial charge >= 0.3 is 5.97 Å². The van der Waals surface area contributed by atoms with E-state index in [2.05, 4.69) is 45.1 Å². The van der Waals surface area contributed by atoms with E-state index in [4.69, 9.17) is 10.1 Å². The molecule has 0 aromatic heterocycles. The summed E-state index contributed by atoms with van der Waals surface area (Å²) in [6, 6.07) is 15.5. The fourth-order valence-corrected chi connectivity index (χ4v) is 5.79. The van der Waals surface area contributed by atoms with Gasteiger partial charge in [0.1, 0.15) is 11.4 Å². The van der Waals surface area contributed by atoms with E-state index in [0.29, 0.717) is 11.3 Å². The summed E-state index contributed by atoms with van der Waals surface area (Å²) in [6.07, 6.45) is 6.51. The molecule has 7 nitrogen and oxygen atoms in total. The van der Waals surface area contributed by atoms with Crippen molar-refractivity contribution in [1.29, 1.82) is 0 Å². The Balaban J connectivity index is 1.64. The van der Waals surface area contributed by atoms with Gasteiger partial charge in [0.2, 0.25) is 0 Å². The van der Waals surface area contributed by atoms with Crippen LogP contribution in [0.2, 0.25) is 0 Å². The molecule has 0 radical (unpaired) electrons. The lowest BCUT2D eigenvalue weighted by molar-refractivity contribution is -0.137. The first kappa shape index (κ1) is 28.5. The number of benzene rings is 2. The van der Waals surface area contributed by atoms with Crippen molar-refractivity contribution in [3.05, 3.63) is 70.8 Å². The van der Waals surface area contributed by atoms with E-state index in [9.17, 15) is 14.4 Å². The minimum Gasteiger partial charge on any atom is -0.481 e. The highest BCUT2D eigenvalue weighted by atomic mass is 16.4. The second-order valence-electron chi connectivity index (χ2n) is 11.8. The quantitative estimate of drug-likeness (QED) is 0.413. The molecule has 2 aliphatic rings. The third kappa shape index (κ3) is 6.23. The number of nitrogens with zero attached hydrogens (tertiary/aromatic N) is 2. The first-order valence-electron chi connectivity index (χ1n) is 14.2. The van der Waals surface area contributed by atoms with Gasteiger partial charge in [-0.15, -0.1) is 0 Å². The van der Waals surface area contributed by atoms with Crippen LogP contribution in [0, 0.1) is 0 Å². The highest BCUT2D eigenvalue weighted by Gasteiger charge is 2.50. The molecule has 2 amide bonds. The highest BCUT2D eigenvalue weighted by molar-refractivity contribution is 6.46. The number of aliphatic carboxylic acids is 1. The molecule has 1 heterocycles. The van der Waals surface area contributed by atoms with Crippen molar-refractivity contribution in [2.24, 2.45) is 4.99 Å². The van der Waals surface area contributed by atoms with Gasteiger partial charge < -0.3 is 15.3 Å². The number of carbonyl (C=O) groups is 3. The van der Waals surface area contributed by atoms with Gasteiger partial charge in [0.05, 0.1) is 12.5 Å². The molecule has 0 bridgehead atoms. The molecule has 1 spiro atoms. The second kappa shape index (κ2) is 11.7. The number of aliphatic imine (C=N–C) groups is 1. The molecular formula is C32H41N3O4. The zero-order chi connectivity index (χ0) is 28.2. The lowest BCUT2D eigenvalue weighted by Gasteiger charge is -2.44. The van der Waals surface area contributed by atoms with Crippen molar-refractivity contribution < 1.29 is 19.5 Å². The van der Waals surface area contributed by atoms with Gasteiger partial charge in [-0.05, 0) is 60.8 Å². The molecule has 2 N–H and O–H groups in total. The number of amides is 2. The Labute approximate surface area is 231 Å². The number of hydrogen-bond acceptors (Lipinski definition) is 4. The highest BCUT2D eigenvalue weighted by Crippen LogP contribution is 2.45. The van der Waals surface area contributed by atoms with Gasteiger partial charge in [-0.2, -0.15) is 0 Å². The zero-order valence-electron chi connectivity index (χ0n) is 23.6. The SMILES string of the molecule is CCCC(c1ccc(C(=O)NCCC(=O)O)cc1)N1C(=O)C(c2ccc(C(C)(C)C)cc2)=NC12CCCCC2. The van der Waals surface area contributed by atoms with Gasteiger partial charge in [0.25, 0.3) is 11.8 Å². The number of carbonyl (C=O) groups excluding carboxylic acids is 2. The molecule has 208 valence electrons. The first-order chi connectivity index (χ1) is 18.6. The van der Waals surface area contributed by atoms with Crippen molar-refractivity contribution in [2.75, 3.05) is 6.54 Å². The molecular weight excluding hydrogens is 490 g/mol. The van der Waals surface area contributed by atoms with Gasteiger partial charge in [-0.25, -0.2) is 0 Å². The van der Waals surface area contributed by atoms with Crippen LogP contribution in [0.15, 0.2) is 53.5 Å². The molecule has 1 aliphatic heterocycles. The Morgan fingerprint density at radius 1 is 1.03 bits per heavy atom. The fourth-order valence-electron chi connectivity index (χ4n) is 5.79. The molecule has 2 aromatic rings. The maximum absolute atomic E-state index is 14.2. The summed E-state index contributed by atoms with van der Waals surface area (Å²) in [5, 5.41) is 11.5. The summed E-state index contributed by atoms with van der Waals surface area (Å²) < 4.78 is 0. The number of rotatable bonds is 9. The minimum absolute atomic E-state index is 0.0191. The standard InChI is InChI=1S/C32H41N3O4/c1-5-9-26(22-10-12-24(13-11-22)29(38)33-21-18-27(36)37)35-30(39)28(34-32(35)19-7-6-8-20-32)23-14-16-25(17-15-23)31(2,3)4/h10-17,26H,5-9,18-21H2,1-4H3,(H,33,38)(H,36,37). The summed E-state index contributed by atoms with van der Waals surface area (Å²) in [4.78, 5) is 44.7. The second-order valence-corrected chi connectivity index (χ2v) is 11.8. The van der Waals surface area contributed by atoms with Crippen molar-refractivity contribution in [3.8, 4) is 0 Å². The topological polar surface area (TPSA) is 99.1 Å². The summed E-state index contributed by atoms with van der Waals surface area (Å²) in [7, 11) is 0. The molecule has 1 fully saturated rings. The van der Waals surface area contributed by atoms with Gasteiger partial charge in [0, 0.05) is 17.7 Å². The van der Waals surface area contributed by atoms with Gasteiger partial charge in [-0.1, -0.05) is 76.9 Å². The normalized spacial score (nSPS) is 17.7. The molecule has 1 unspecified atom stereocenters. The maximum atomic E-state index is 14.2. The van der Waals surface area contributed by atoms with Crippen LogP contribution in [0.5, 0.6) is 0 Å². The van der Waals surface area contributed by atoms with E-state index in [1.807, 2.05) is 29.2 Å². The van der Waals surface area contributed by atoms with E-state index >= 15 is 0 Å². The van der Waals surface area contributed by atoms with Crippen molar-refractivity contribution in [3.63, 3.8) is 0 Å². The van der Waals surface area contributed by atoms with E-state index in [0.717, 1.165) is 56.1 Å². The number of hydrogen-bond donors (Lipinski definition) is 2. The Morgan fingerprint density at radius 2 is 1.67 bits per heavy atom. The summed E-state index contributed by atoms with van der Waals surface area (Å²) in [5.41, 5.74) is 3.57. The summed E-state index contributed by atoms with van der Waals surface area (Å²) >= 11 is 0. The molecule has 1 aliphatic carbocycles. The predicted molar refractivity (Wildman–Crippen MR) is 153 cm³/mol. The van der Waals surface area contributed by atoms with Crippen LogP contribution < -0.4 is 5.32 Å². The van der Waals surface area contributed by atoms with Crippen molar-refractivity contribution >= 4 is 23.5 Å². The third-order valence-electron chi connectivity index (χ3n) is 7.92. The van der Waals surface area contributed by atoms with Crippen molar-refractivity contribution in [2.45, 2.75) is 96.2 Å². The van der Waals surface area contributed by atoms with E-state index in [-0.39, 0.29) is 36.2 Å². The van der Waals surface area contributed by atoms with Crippen LogP contribution >= 0.6 is 0 Å². The number of nitrogens with one attached hydrogen (secondary N) is 1. The number of carboxylic acid groups (broad SMARTS) is 1. The minimum atomic E-state index is -0.952. The van der Waals surface area contributed by atoms with Crippen LogP contribution in [0.4, 0.5) is 0 Å². The zero-order valence-corrected chi connectivity index (χ0v) is 23.6. The van der Waals surface area contributed by atoms with E-state index < -0.39 is 11.6 Å². The Bertz CT molecular complexity index is 1220. The Morgan fingerprint density at radius 3 is 2.23 bits per heavy atom. The van der Waals surface area contributed by atoms with Crippen molar-refractivity contribution in [1.82, 2.24) is 10.2 Å². The Hall–Kier alpha value is -3.48. The Kier molecular flexibility index (Phi) is 8.57. The monoisotopic (exact) mass is 531 g/mol. The first-order valence-corrected chi connectivity index (χ1v) is 14.2. The van der Waals surface area contributed by atoms with Gasteiger partial charge in [0.15, 0.2) is 0 Å². The van der Waals surface area contributed by atoms with Crippen LogP contribution in [0.25, 0.3) is 0 Å². The van der Waals surface area contributed by atoms with E-state index in [1.54, 1.807) is 12.1 Å². The lowest BCUT2D eigenvalue weighted by atomic mass is 9.86. The molecule has 1 atom stereocenters. The summed E-state index contributed by atoms with van der Waals surface area (Å²) in [6.45, 7) is 8.74. The maximum Gasteiger partial charge on any atom is 0.305 e. The van der Waals surface area contributed by atoms with Crippen LogP contribution in [0.3, 0.4) is 0 Å². The van der Waals surface area contributed by atoms with Crippen LogP contribution in [-0.2, 0) is 15.0 Å². The smallest absolute Gasteiger partial charge is 0.305 e. The molecule has 4 rings (SSSR count). The molecule has 1 saturated carbocycles. The van der Waals surface area contributed by atoms with Crippen LogP contribution in [-0.4, -0.2) is 45.7 Å². The van der Waals surface area contributed by atoms with Gasteiger partial charge in [-0.3, -0.25) is 19.4 Å². The molecule has 7 heteroatoms. The third-order valence-corrected chi connectivity index (χ3v) is 7.92. The largest absolute Gasteiger partial charge is 0.481 e. The lowest BCUT2D eigenvalue weighted by Crippen LogP contribution is -2.50. The fraction of sp³-hybridized carbons (Fsp3) is 0.500. The average molecular weight is 532 g/mol. The van der Waals surface area contributed by atoms with Crippen LogP contribution in [0.1, 0.15) is 112 Å². The average Bonchev–Trinajstić information content (AvgIpc) is 3.18. The number of carboxylic acids is 1. The predicted octanol–water partition coefficient (Wildman–Crippen LogP) is 6.02. The molecule has 2 aromatic carbocycles.